The molecule has 1 aromatic heterocycles. The first kappa shape index (κ1) is 23.4. The van der Waals surface area contributed by atoms with E-state index in [1.165, 1.54) is 18.3 Å². The Morgan fingerprint density at radius 2 is 1.88 bits per heavy atom. The van der Waals surface area contributed by atoms with Crippen molar-refractivity contribution >= 4 is 29.4 Å². The number of benzene rings is 2. The van der Waals surface area contributed by atoms with Crippen molar-refractivity contribution in [1.29, 1.82) is 0 Å². The number of aryl methyl sites for hydroxylation is 1. The number of allylic oxidation sites excluding steroid dienone is 1. The molecule has 0 amide bonds. The van der Waals surface area contributed by atoms with Crippen LogP contribution in [0.1, 0.15) is 43.5 Å². The van der Waals surface area contributed by atoms with Gasteiger partial charge in [-0.1, -0.05) is 53.3 Å². The SMILES string of the molecule is CCOC(=O)C1=C(C)N=c2s/c(=C\c3cccc(OC(C)=O)c3)c(=O)n2[C@@H]1c1ccc(C)cc1. The van der Waals surface area contributed by atoms with E-state index in [9.17, 15) is 14.4 Å². The number of aromatic nitrogens is 1. The molecule has 0 spiro atoms. The number of esters is 2. The van der Waals surface area contributed by atoms with E-state index < -0.39 is 18.0 Å². The molecular weight excluding hydrogens is 452 g/mol. The molecule has 0 saturated heterocycles. The number of thiazole rings is 1. The quantitative estimate of drug-likeness (QED) is 0.417. The number of nitrogens with zero attached hydrogens (tertiary/aromatic N) is 2. The lowest BCUT2D eigenvalue weighted by Gasteiger charge is -2.24. The van der Waals surface area contributed by atoms with Gasteiger partial charge < -0.3 is 9.47 Å². The number of hydrogen-bond acceptors (Lipinski definition) is 7. The molecule has 2 aromatic carbocycles. The summed E-state index contributed by atoms with van der Waals surface area (Å²) in [6.45, 7) is 7.03. The Morgan fingerprint density at radius 3 is 2.56 bits per heavy atom. The average Bonchev–Trinajstić information content (AvgIpc) is 3.08. The second-order valence-corrected chi connectivity index (χ2v) is 8.89. The summed E-state index contributed by atoms with van der Waals surface area (Å²) in [5.74, 6) is -0.513. The predicted octanol–water partition coefficient (Wildman–Crippen LogP) is 3.03. The van der Waals surface area contributed by atoms with Crippen molar-refractivity contribution in [2.45, 2.75) is 33.7 Å². The average molecular weight is 477 g/mol. The van der Waals surface area contributed by atoms with E-state index in [4.69, 9.17) is 9.47 Å². The lowest BCUT2D eigenvalue weighted by molar-refractivity contribution is -0.139. The van der Waals surface area contributed by atoms with Crippen LogP contribution >= 0.6 is 11.3 Å². The fraction of sp³-hybridized carbons (Fsp3) is 0.231. The number of rotatable bonds is 5. The van der Waals surface area contributed by atoms with Crippen LogP contribution in [0.5, 0.6) is 5.75 Å². The summed E-state index contributed by atoms with van der Waals surface area (Å²) in [5, 5.41) is 0. The smallest absolute Gasteiger partial charge is 0.338 e. The molecule has 1 atom stereocenters. The Hall–Kier alpha value is -3.78. The van der Waals surface area contributed by atoms with Crippen LogP contribution in [0.2, 0.25) is 0 Å². The first-order valence-corrected chi connectivity index (χ1v) is 11.6. The van der Waals surface area contributed by atoms with Gasteiger partial charge in [-0.2, -0.15) is 0 Å². The van der Waals surface area contributed by atoms with Crippen LogP contribution in [0.15, 0.2) is 69.6 Å². The van der Waals surface area contributed by atoms with Gasteiger partial charge in [-0.05, 0) is 50.1 Å². The first-order chi connectivity index (χ1) is 16.3. The molecule has 2 heterocycles. The van der Waals surface area contributed by atoms with Crippen molar-refractivity contribution in [1.82, 2.24) is 4.57 Å². The second kappa shape index (κ2) is 9.61. The van der Waals surface area contributed by atoms with Crippen LogP contribution in [0, 0.1) is 6.92 Å². The Bertz CT molecular complexity index is 1480. The summed E-state index contributed by atoms with van der Waals surface area (Å²) in [6.07, 6.45) is 1.73. The van der Waals surface area contributed by atoms with Crippen LogP contribution in [-0.2, 0) is 14.3 Å². The lowest BCUT2D eigenvalue weighted by Crippen LogP contribution is -2.39. The van der Waals surface area contributed by atoms with Crippen molar-refractivity contribution in [3.63, 3.8) is 0 Å². The van der Waals surface area contributed by atoms with Crippen LogP contribution < -0.4 is 19.6 Å². The monoisotopic (exact) mass is 476 g/mol. The van der Waals surface area contributed by atoms with E-state index in [0.29, 0.717) is 31.9 Å². The van der Waals surface area contributed by atoms with Gasteiger partial charge in [0.1, 0.15) is 5.75 Å². The molecule has 7 nitrogen and oxygen atoms in total. The zero-order valence-electron chi connectivity index (χ0n) is 19.3. The van der Waals surface area contributed by atoms with Gasteiger partial charge in [0.05, 0.1) is 28.5 Å². The van der Waals surface area contributed by atoms with Crippen molar-refractivity contribution in [2.24, 2.45) is 4.99 Å². The third kappa shape index (κ3) is 4.63. The molecule has 0 N–H and O–H groups in total. The van der Waals surface area contributed by atoms with Crippen molar-refractivity contribution in [3.05, 3.63) is 96.2 Å². The van der Waals surface area contributed by atoms with Gasteiger partial charge in [0.2, 0.25) is 0 Å². The minimum absolute atomic E-state index is 0.222. The molecule has 3 aromatic rings. The molecule has 0 fully saturated rings. The highest BCUT2D eigenvalue weighted by Crippen LogP contribution is 2.30. The molecule has 1 aliphatic heterocycles. The summed E-state index contributed by atoms with van der Waals surface area (Å²) in [7, 11) is 0. The Balaban J connectivity index is 1.90. The van der Waals surface area contributed by atoms with Crippen LogP contribution in [0.25, 0.3) is 6.08 Å². The van der Waals surface area contributed by atoms with Crippen LogP contribution in [0.4, 0.5) is 0 Å². The van der Waals surface area contributed by atoms with E-state index in [0.717, 1.165) is 11.1 Å². The Morgan fingerprint density at radius 1 is 1.15 bits per heavy atom. The number of fused-ring (bicyclic) bond motifs is 1. The molecule has 8 heteroatoms. The highest BCUT2D eigenvalue weighted by Gasteiger charge is 2.33. The largest absolute Gasteiger partial charge is 0.463 e. The standard InChI is InChI=1S/C26H24N2O5S/c1-5-32-25(31)22-16(3)27-26-28(23(22)19-11-9-15(2)10-12-19)24(30)21(34-26)14-18-7-6-8-20(13-18)33-17(4)29/h6-14,23H,5H2,1-4H3/b21-14-/t23-/m1/s1. The third-order valence-corrected chi connectivity index (χ3v) is 6.31. The minimum atomic E-state index is -0.648. The van der Waals surface area contributed by atoms with Crippen molar-refractivity contribution < 1.29 is 19.1 Å². The van der Waals surface area contributed by atoms with E-state index >= 15 is 0 Å². The maximum atomic E-state index is 13.6. The number of carbonyl (C=O) groups is 2. The summed E-state index contributed by atoms with van der Waals surface area (Å²) in [6, 6.07) is 14.0. The first-order valence-electron chi connectivity index (χ1n) is 10.8. The van der Waals surface area contributed by atoms with Gasteiger partial charge >= 0.3 is 11.9 Å². The molecule has 0 radical (unpaired) electrons. The molecule has 0 aliphatic carbocycles. The summed E-state index contributed by atoms with van der Waals surface area (Å²) in [5.41, 5.74) is 3.18. The second-order valence-electron chi connectivity index (χ2n) is 7.88. The minimum Gasteiger partial charge on any atom is -0.463 e. The van der Waals surface area contributed by atoms with Crippen molar-refractivity contribution in [2.75, 3.05) is 6.61 Å². The van der Waals surface area contributed by atoms with E-state index in [1.54, 1.807) is 42.7 Å². The fourth-order valence-electron chi connectivity index (χ4n) is 3.84. The van der Waals surface area contributed by atoms with Gasteiger partial charge in [0.15, 0.2) is 4.80 Å². The van der Waals surface area contributed by atoms with Gasteiger partial charge in [0.25, 0.3) is 5.56 Å². The summed E-state index contributed by atoms with van der Waals surface area (Å²) >= 11 is 1.24. The highest BCUT2D eigenvalue weighted by atomic mass is 32.1. The molecule has 0 saturated carbocycles. The number of hydrogen-bond donors (Lipinski definition) is 0. The molecule has 1 aliphatic rings. The van der Waals surface area contributed by atoms with E-state index in [-0.39, 0.29) is 12.2 Å². The van der Waals surface area contributed by atoms with Crippen molar-refractivity contribution in [3.8, 4) is 5.75 Å². The lowest BCUT2D eigenvalue weighted by atomic mass is 9.95. The topological polar surface area (TPSA) is 87.0 Å². The van der Waals surface area contributed by atoms with Crippen LogP contribution in [0.3, 0.4) is 0 Å². The predicted molar refractivity (Wildman–Crippen MR) is 129 cm³/mol. The number of carbonyl (C=O) groups excluding carboxylic acids is 2. The van der Waals surface area contributed by atoms with E-state index in [2.05, 4.69) is 4.99 Å². The molecule has 0 unspecified atom stereocenters. The Kier molecular flexibility index (Phi) is 6.61. The molecule has 0 bridgehead atoms. The zero-order valence-corrected chi connectivity index (χ0v) is 20.1. The van der Waals surface area contributed by atoms with Gasteiger partial charge in [0, 0.05) is 6.92 Å². The summed E-state index contributed by atoms with van der Waals surface area (Å²) in [4.78, 5) is 42.9. The molecule has 4 rings (SSSR count). The fourth-order valence-corrected chi connectivity index (χ4v) is 4.89. The molecule has 174 valence electrons. The van der Waals surface area contributed by atoms with Gasteiger partial charge in [-0.25, -0.2) is 9.79 Å². The van der Waals surface area contributed by atoms with Gasteiger partial charge in [-0.3, -0.25) is 14.2 Å². The van der Waals surface area contributed by atoms with Gasteiger partial charge in [-0.15, -0.1) is 0 Å². The van der Waals surface area contributed by atoms with Crippen LogP contribution in [-0.4, -0.2) is 23.1 Å². The molecule has 34 heavy (non-hydrogen) atoms. The normalized spacial score (nSPS) is 15.5. The zero-order chi connectivity index (χ0) is 24.4. The third-order valence-electron chi connectivity index (χ3n) is 5.33. The number of ether oxygens (including phenoxy) is 2. The molecular formula is C26H24N2O5S. The highest BCUT2D eigenvalue weighted by molar-refractivity contribution is 7.07. The Labute approximate surface area is 200 Å². The van der Waals surface area contributed by atoms with E-state index in [1.807, 2.05) is 37.3 Å². The maximum Gasteiger partial charge on any atom is 0.338 e. The maximum absolute atomic E-state index is 13.6. The summed E-state index contributed by atoms with van der Waals surface area (Å²) < 4.78 is 12.5.